The number of nitrogens with one attached hydrogen (secondary N) is 1. The van der Waals surface area contributed by atoms with E-state index in [2.05, 4.69) is 5.32 Å². The zero-order chi connectivity index (χ0) is 22.6. The lowest BCUT2D eigenvalue weighted by molar-refractivity contribution is 0.0935. The largest absolute Gasteiger partial charge is 0.496 e. The molecule has 0 radical (unpaired) electrons. The minimum atomic E-state index is -3.74. The van der Waals surface area contributed by atoms with Crippen LogP contribution in [0.4, 0.5) is 0 Å². The highest BCUT2D eigenvalue weighted by atomic mass is 35.5. The van der Waals surface area contributed by atoms with E-state index < -0.39 is 10.0 Å². The van der Waals surface area contributed by atoms with Gasteiger partial charge in [0, 0.05) is 18.7 Å². The van der Waals surface area contributed by atoms with Crippen LogP contribution in [0.2, 0.25) is 5.02 Å². The van der Waals surface area contributed by atoms with E-state index in [4.69, 9.17) is 16.3 Å². The molecule has 1 amide bonds. The standard InChI is InChI=1S/C23H29ClN2O4S/c1-4-20(17-9-11-21(30-3)16(2)14-17)25-23(27)18-8-10-19(24)22(15-18)31(28,29)26-12-6-5-7-13-26/h8-11,14-15,20H,4-7,12-13H2,1-3H3,(H,25,27)/t20-/m1/s1. The first-order valence-electron chi connectivity index (χ1n) is 10.5. The van der Waals surface area contributed by atoms with E-state index in [-0.39, 0.29) is 27.4 Å². The lowest BCUT2D eigenvalue weighted by atomic mass is 10.0. The van der Waals surface area contributed by atoms with Gasteiger partial charge in [0.15, 0.2) is 0 Å². The minimum Gasteiger partial charge on any atom is -0.496 e. The van der Waals surface area contributed by atoms with Gasteiger partial charge in [0.1, 0.15) is 10.6 Å². The van der Waals surface area contributed by atoms with E-state index in [1.54, 1.807) is 13.2 Å². The number of nitrogens with zero attached hydrogens (tertiary/aromatic N) is 1. The summed E-state index contributed by atoms with van der Waals surface area (Å²) in [7, 11) is -2.12. The number of rotatable bonds is 7. The van der Waals surface area contributed by atoms with Gasteiger partial charge in [-0.25, -0.2) is 8.42 Å². The number of hydrogen-bond donors (Lipinski definition) is 1. The highest BCUT2D eigenvalue weighted by molar-refractivity contribution is 7.89. The van der Waals surface area contributed by atoms with Crippen LogP contribution in [0.25, 0.3) is 0 Å². The lowest BCUT2D eigenvalue weighted by Gasteiger charge is -2.26. The summed E-state index contributed by atoms with van der Waals surface area (Å²) in [6.07, 6.45) is 3.36. The van der Waals surface area contributed by atoms with E-state index in [1.807, 2.05) is 32.0 Å². The van der Waals surface area contributed by atoms with Gasteiger partial charge in [-0.3, -0.25) is 4.79 Å². The summed E-state index contributed by atoms with van der Waals surface area (Å²) in [4.78, 5) is 13.0. The maximum absolute atomic E-state index is 13.1. The molecule has 2 aromatic rings. The average molecular weight is 465 g/mol. The van der Waals surface area contributed by atoms with E-state index in [1.165, 1.54) is 16.4 Å². The molecule has 0 aliphatic carbocycles. The highest BCUT2D eigenvalue weighted by Gasteiger charge is 2.29. The lowest BCUT2D eigenvalue weighted by Crippen LogP contribution is -2.36. The number of aryl methyl sites for hydroxylation is 1. The number of halogens is 1. The van der Waals surface area contributed by atoms with Gasteiger partial charge in [0.2, 0.25) is 10.0 Å². The molecule has 1 N–H and O–H groups in total. The molecule has 1 heterocycles. The predicted molar refractivity (Wildman–Crippen MR) is 122 cm³/mol. The number of benzene rings is 2. The Hall–Kier alpha value is -2.09. The van der Waals surface area contributed by atoms with Crippen molar-refractivity contribution in [1.29, 1.82) is 0 Å². The molecule has 0 aromatic heterocycles. The van der Waals surface area contributed by atoms with E-state index in [9.17, 15) is 13.2 Å². The topological polar surface area (TPSA) is 75.7 Å². The second kappa shape index (κ2) is 10.0. The minimum absolute atomic E-state index is 0.0166. The van der Waals surface area contributed by atoms with Gasteiger partial charge >= 0.3 is 0 Å². The summed E-state index contributed by atoms with van der Waals surface area (Å²) in [6.45, 7) is 4.89. The third-order valence-corrected chi connectivity index (χ3v) is 8.04. The molecule has 31 heavy (non-hydrogen) atoms. The fraction of sp³-hybridized carbons (Fsp3) is 0.435. The van der Waals surface area contributed by atoms with Crippen LogP contribution in [0.3, 0.4) is 0 Å². The SMILES string of the molecule is CC[C@@H](NC(=O)c1ccc(Cl)c(S(=O)(=O)N2CCCCC2)c1)c1ccc(OC)c(C)c1. The number of hydrogen-bond acceptors (Lipinski definition) is 4. The molecular weight excluding hydrogens is 436 g/mol. The molecule has 1 aliphatic rings. The molecule has 0 saturated carbocycles. The Morgan fingerprint density at radius 3 is 2.48 bits per heavy atom. The van der Waals surface area contributed by atoms with Crippen molar-refractivity contribution in [1.82, 2.24) is 9.62 Å². The molecule has 1 atom stereocenters. The zero-order valence-corrected chi connectivity index (χ0v) is 19.7. The Balaban J connectivity index is 1.84. The number of piperidine rings is 1. The third-order valence-electron chi connectivity index (χ3n) is 5.66. The first-order valence-corrected chi connectivity index (χ1v) is 12.3. The smallest absolute Gasteiger partial charge is 0.251 e. The summed E-state index contributed by atoms with van der Waals surface area (Å²) >= 11 is 6.23. The van der Waals surface area contributed by atoms with Crippen LogP contribution in [0.1, 0.15) is 60.1 Å². The van der Waals surface area contributed by atoms with Crippen molar-refractivity contribution in [2.75, 3.05) is 20.2 Å². The fourth-order valence-corrected chi connectivity index (χ4v) is 5.89. The van der Waals surface area contributed by atoms with Gasteiger partial charge in [-0.05, 0) is 61.6 Å². The summed E-state index contributed by atoms with van der Waals surface area (Å²) in [5.41, 5.74) is 2.21. The van der Waals surface area contributed by atoms with Gasteiger partial charge in [0.05, 0.1) is 18.2 Å². The molecular formula is C23H29ClN2O4S. The molecule has 3 rings (SSSR count). The van der Waals surface area contributed by atoms with Crippen molar-refractivity contribution in [3.05, 3.63) is 58.1 Å². The van der Waals surface area contributed by atoms with Crippen LogP contribution in [0, 0.1) is 6.92 Å². The van der Waals surface area contributed by atoms with Crippen LogP contribution in [-0.2, 0) is 10.0 Å². The molecule has 0 bridgehead atoms. The van der Waals surface area contributed by atoms with Crippen LogP contribution in [-0.4, -0.2) is 38.8 Å². The monoisotopic (exact) mass is 464 g/mol. The maximum Gasteiger partial charge on any atom is 0.251 e. The van der Waals surface area contributed by atoms with Crippen molar-refractivity contribution in [2.24, 2.45) is 0 Å². The predicted octanol–water partition coefficient (Wildman–Crippen LogP) is 4.71. The van der Waals surface area contributed by atoms with Crippen LogP contribution < -0.4 is 10.1 Å². The van der Waals surface area contributed by atoms with Gasteiger partial charge in [-0.15, -0.1) is 0 Å². The molecule has 1 aliphatic heterocycles. The van der Waals surface area contributed by atoms with Crippen LogP contribution in [0.15, 0.2) is 41.3 Å². The Kier molecular flexibility index (Phi) is 7.62. The molecule has 1 fully saturated rings. The van der Waals surface area contributed by atoms with Gasteiger partial charge < -0.3 is 10.1 Å². The first kappa shape index (κ1) is 23.6. The van der Waals surface area contributed by atoms with Crippen molar-refractivity contribution in [3.8, 4) is 5.75 Å². The molecule has 2 aromatic carbocycles. The van der Waals surface area contributed by atoms with Gasteiger partial charge in [-0.1, -0.05) is 37.1 Å². The number of carbonyl (C=O) groups is 1. The van der Waals surface area contributed by atoms with Crippen molar-refractivity contribution < 1.29 is 17.9 Å². The Bertz CT molecular complexity index is 1050. The number of carbonyl (C=O) groups excluding carboxylic acids is 1. The highest BCUT2D eigenvalue weighted by Crippen LogP contribution is 2.29. The van der Waals surface area contributed by atoms with E-state index in [0.717, 1.165) is 36.1 Å². The molecule has 0 spiro atoms. The maximum atomic E-state index is 13.1. The molecule has 8 heteroatoms. The summed E-state index contributed by atoms with van der Waals surface area (Å²) < 4.78 is 32.9. The van der Waals surface area contributed by atoms with Crippen LogP contribution in [0.5, 0.6) is 5.75 Å². The first-order chi connectivity index (χ1) is 14.8. The molecule has 168 valence electrons. The van der Waals surface area contributed by atoms with Crippen LogP contribution >= 0.6 is 11.6 Å². The summed E-state index contributed by atoms with van der Waals surface area (Å²) in [6, 6.07) is 9.99. The summed E-state index contributed by atoms with van der Waals surface area (Å²) in [5.74, 6) is 0.447. The number of amides is 1. The van der Waals surface area contributed by atoms with E-state index in [0.29, 0.717) is 19.5 Å². The Labute approximate surface area is 189 Å². The number of sulfonamides is 1. The second-order valence-corrected chi connectivity index (χ2v) is 10.1. The quantitative estimate of drug-likeness (QED) is 0.643. The Morgan fingerprint density at radius 1 is 1.16 bits per heavy atom. The number of ether oxygens (including phenoxy) is 1. The van der Waals surface area contributed by atoms with Crippen molar-refractivity contribution in [2.45, 2.75) is 50.5 Å². The second-order valence-electron chi connectivity index (χ2n) is 7.77. The third kappa shape index (κ3) is 5.22. The Morgan fingerprint density at radius 2 is 1.87 bits per heavy atom. The molecule has 6 nitrogen and oxygen atoms in total. The van der Waals surface area contributed by atoms with Crippen molar-refractivity contribution in [3.63, 3.8) is 0 Å². The normalized spacial score (nSPS) is 16.0. The van der Waals surface area contributed by atoms with Gasteiger partial charge in [-0.2, -0.15) is 4.31 Å². The van der Waals surface area contributed by atoms with Crippen molar-refractivity contribution >= 4 is 27.5 Å². The molecule has 0 unspecified atom stereocenters. The summed E-state index contributed by atoms with van der Waals surface area (Å²) in [5, 5.41) is 3.14. The number of methoxy groups -OCH3 is 1. The van der Waals surface area contributed by atoms with Gasteiger partial charge in [0.25, 0.3) is 5.91 Å². The fourth-order valence-electron chi connectivity index (χ4n) is 3.87. The average Bonchev–Trinajstić information content (AvgIpc) is 2.78. The molecule has 1 saturated heterocycles. The zero-order valence-electron chi connectivity index (χ0n) is 18.2. The van der Waals surface area contributed by atoms with E-state index >= 15 is 0 Å².